The maximum absolute atomic E-state index is 14.8. The molecule has 224 valence electrons. The van der Waals surface area contributed by atoms with Gasteiger partial charge in [-0.05, 0) is 44.9 Å². The highest BCUT2D eigenvalue weighted by Gasteiger charge is 2.78. The van der Waals surface area contributed by atoms with Crippen molar-refractivity contribution in [1.82, 2.24) is 14.7 Å². The van der Waals surface area contributed by atoms with Crippen LogP contribution in [0.2, 0.25) is 0 Å². The van der Waals surface area contributed by atoms with Crippen molar-refractivity contribution in [3.63, 3.8) is 0 Å². The van der Waals surface area contributed by atoms with Crippen molar-refractivity contribution in [2.24, 2.45) is 17.8 Å². The molecule has 3 aliphatic heterocycles. The Balaban J connectivity index is 1.82. The van der Waals surface area contributed by atoms with Crippen LogP contribution < -0.4 is 0 Å². The number of carbonyl (C=O) groups excluding carboxylic acids is 3. The average Bonchev–Trinajstić information content (AvgIpc) is 3.52. The van der Waals surface area contributed by atoms with E-state index >= 15 is 0 Å². The van der Waals surface area contributed by atoms with Gasteiger partial charge in [0.05, 0.1) is 29.2 Å². The summed E-state index contributed by atoms with van der Waals surface area (Å²) in [6.07, 6.45) is 12.0. The third-order valence-corrected chi connectivity index (χ3v) is 12.3. The molecule has 3 heterocycles. The topological polar surface area (TPSA) is 81.2 Å². The molecule has 1 N–H and O–H groups in total. The zero-order valence-corrected chi connectivity index (χ0v) is 26.0. The minimum atomic E-state index is -0.693. The van der Waals surface area contributed by atoms with Crippen LogP contribution in [0.3, 0.4) is 0 Å². The van der Waals surface area contributed by atoms with Crippen molar-refractivity contribution in [2.45, 2.75) is 113 Å². The van der Waals surface area contributed by atoms with Crippen LogP contribution in [0.15, 0.2) is 25.3 Å². The van der Waals surface area contributed by atoms with Crippen LogP contribution in [0, 0.1) is 17.8 Å². The Morgan fingerprint density at radius 3 is 2.38 bits per heavy atom. The van der Waals surface area contributed by atoms with E-state index in [4.69, 9.17) is 0 Å². The van der Waals surface area contributed by atoms with Crippen molar-refractivity contribution < 1.29 is 19.5 Å². The number of fused-ring (bicyclic) bond motifs is 1. The smallest absolute Gasteiger partial charge is 0.247 e. The average molecular weight is 574 g/mol. The normalized spacial score (nSPS) is 33.0. The van der Waals surface area contributed by atoms with Gasteiger partial charge in [0.1, 0.15) is 6.04 Å². The van der Waals surface area contributed by atoms with Gasteiger partial charge in [0, 0.05) is 30.4 Å². The van der Waals surface area contributed by atoms with Gasteiger partial charge in [-0.2, -0.15) is 0 Å². The number of rotatable bonds is 13. The monoisotopic (exact) mass is 573 g/mol. The van der Waals surface area contributed by atoms with E-state index in [1.807, 2.05) is 16.7 Å². The molecule has 4 fully saturated rings. The number of likely N-dealkylation sites (tertiary alicyclic amines) is 1. The molecule has 3 saturated heterocycles. The van der Waals surface area contributed by atoms with Crippen LogP contribution in [-0.4, -0.2) is 91.4 Å². The number of carbonyl (C=O) groups is 3. The highest BCUT2D eigenvalue weighted by molar-refractivity contribution is 8.02. The van der Waals surface area contributed by atoms with Gasteiger partial charge in [-0.25, -0.2) is 0 Å². The molecule has 1 spiro atoms. The molecule has 40 heavy (non-hydrogen) atoms. The number of hydrogen-bond acceptors (Lipinski definition) is 5. The van der Waals surface area contributed by atoms with Gasteiger partial charge in [-0.3, -0.25) is 14.4 Å². The lowest BCUT2D eigenvalue weighted by Crippen LogP contribution is -2.60. The fraction of sp³-hybridized carbons (Fsp3) is 0.781. The summed E-state index contributed by atoms with van der Waals surface area (Å²) in [4.78, 5) is 49.3. The van der Waals surface area contributed by atoms with E-state index in [0.29, 0.717) is 19.6 Å². The number of aliphatic hydroxyl groups is 1. The Hall–Kier alpha value is -1.80. The zero-order valence-electron chi connectivity index (χ0n) is 25.1. The maximum Gasteiger partial charge on any atom is 0.247 e. The number of nitrogens with zero attached hydrogens (tertiary/aromatic N) is 3. The first-order chi connectivity index (χ1) is 19.1. The second kappa shape index (κ2) is 12.6. The van der Waals surface area contributed by atoms with Gasteiger partial charge < -0.3 is 19.8 Å². The number of aliphatic hydroxyl groups excluding tert-OH is 1. The lowest BCUT2D eigenvalue weighted by atomic mass is 9.66. The first kappa shape index (κ1) is 31.1. The summed E-state index contributed by atoms with van der Waals surface area (Å²) in [5, 5.41) is 10.7. The summed E-state index contributed by atoms with van der Waals surface area (Å²) < 4.78 is -1.08. The van der Waals surface area contributed by atoms with E-state index in [9.17, 15) is 19.5 Å². The Labute approximate surface area is 245 Å². The first-order valence-corrected chi connectivity index (χ1v) is 16.4. The van der Waals surface area contributed by atoms with E-state index in [-0.39, 0.29) is 36.3 Å². The fourth-order valence-electron chi connectivity index (χ4n) is 8.21. The van der Waals surface area contributed by atoms with Gasteiger partial charge in [0.15, 0.2) is 0 Å². The molecule has 1 saturated carbocycles. The number of hydrogen-bond donors (Lipinski definition) is 1. The van der Waals surface area contributed by atoms with Crippen molar-refractivity contribution in [2.75, 3.05) is 26.2 Å². The largest absolute Gasteiger partial charge is 0.394 e. The Morgan fingerprint density at radius 2 is 1.80 bits per heavy atom. The number of thioether (sulfide) groups is 1. The molecule has 0 radical (unpaired) electrons. The van der Waals surface area contributed by atoms with Gasteiger partial charge in [-0.1, -0.05) is 58.6 Å². The summed E-state index contributed by atoms with van der Waals surface area (Å²) in [5.74, 6) is -1.19. The quantitative estimate of drug-likeness (QED) is 0.325. The van der Waals surface area contributed by atoms with Gasteiger partial charge in [0.25, 0.3) is 0 Å². The lowest BCUT2D eigenvalue weighted by Gasteiger charge is -2.43. The van der Waals surface area contributed by atoms with E-state index < -0.39 is 33.4 Å². The Morgan fingerprint density at radius 1 is 1.12 bits per heavy atom. The van der Waals surface area contributed by atoms with Crippen molar-refractivity contribution in [3.05, 3.63) is 25.3 Å². The summed E-state index contributed by atoms with van der Waals surface area (Å²) in [6.45, 7) is 17.4. The maximum atomic E-state index is 14.8. The third-order valence-electron chi connectivity index (χ3n) is 10.3. The second-order valence-corrected chi connectivity index (χ2v) is 14.6. The molecule has 1 aliphatic carbocycles. The van der Waals surface area contributed by atoms with Gasteiger partial charge in [-0.15, -0.1) is 24.9 Å². The van der Waals surface area contributed by atoms with Crippen LogP contribution in [0.1, 0.15) is 85.5 Å². The summed E-state index contributed by atoms with van der Waals surface area (Å²) in [6, 6.07) is -1.03. The SMILES string of the molecule is C=CCN(CCC)C(=O)[C@H]1[C@H]2C(=O)N([C@@H](CO)[C@@H](C)CC)C(C(=O)N(CC=C)C3CCCCC3)C23CC[C@]1(C)S3. The van der Waals surface area contributed by atoms with Gasteiger partial charge in [0.2, 0.25) is 17.7 Å². The summed E-state index contributed by atoms with van der Waals surface area (Å²) in [7, 11) is 0. The summed E-state index contributed by atoms with van der Waals surface area (Å²) >= 11 is 1.72. The zero-order chi connectivity index (χ0) is 29.2. The van der Waals surface area contributed by atoms with Crippen molar-refractivity contribution >= 4 is 29.5 Å². The second-order valence-electron chi connectivity index (χ2n) is 12.8. The van der Waals surface area contributed by atoms with Crippen LogP contribution >= 0.6 is 11.8 Å². The Kier molecular flexibility index (Phi) is 9.81. The van der Waals surface area contributed by atoms with Crippen LogP contribution in [-0.2, 0) is 14.4 Å². The van der Waals surface area contributed by atoms with E-state index in [1.54, 1.807) is 28.8 Å². The summed E-state index contributed by atoms with van der Waals surface area (Å²) in [5.41, 5.74) is 0. The molecule has 2 bridgehead atoms. The van der Waals surface area contributed by atoms with E-state index in [0.717, 1.165) is 51.4 Å². The molecular weight excluding hydrogens is 522 g/mol. The Bertz CT molecular complexity index is 983. The molecule has 0 aromatic heterocycles. The fourth-order valence-corrected chi connectivity index (χ4v) is 10.5. The molecule has 0 aromatic rings. The number of amides is 3. The molecule has 0 aromatic carbocycles. The van der Waals surface area contributed by atoms with Crippen molar-refractivity contribution in [1.29, 1.82) is 0 Å². The molecule has 2 unspecified atom stereocenters. The van der Waals surface area contributed by atoms with Gasteiger partial charge >= 0.3 is 0 Å². The molecule has 3 amide bonds. The highest BCUT2D eigenvalue weighted by atomic mass is 32.2. The molecule has 7 atom stereocenters. The predicted octanol–water partition coefficient (Wildman–Crippen LogP) is 4.65. The lowest BCUT2D eigenvalue weighted by molar-refractivity contribution is -0.149. The molecule has 4 aliphatic rings. The van der Waals surface area contributed by atoms with E-state index in [2.05, 4.69) is 33.9 Å². The minimum Gasteiger partial charge on any atom is -0.394 e. The molecular formula is C32H51N3O4S. The first-order valence-electron chi connectivity index (χ1n) is 15.6. The third kappa shape index (κ3) is 5.05. The molecule has 8 heteroatoms. The molecule has 7 nitrogen and oxygen atoms in total. The van der Waals surface area contributed by atoms with E-state index in [1.165, 1.54) is 6.42 Å². The van der Waals surface area contributed by atoms with Crippen LogP contribution in [0.5, 0.6) is 0 Å². The van der Waals surface area contributed by atoms with Crippen LogP contribution in [0.4, 0.5) is 0 Å². The predicted molar refractivity (Wildman–Crippen MR) is 162 cm³/mol. The minimum absolute atomic E-state index is 0.00374. The highest BCUT2D eigenvalue weighted by Crippen LogP contribution is 2.72. The van der Waals surface area contributed by atoms with Crippen molar-refractivity contribution in [3.8, 4) is 0 Å². The standard InChI is InChI=1S/C32H51N3O4S/c1-7-18-33(19-8-2)28(37)25-26-29(38)35(24(21-36)22(5)10-4)27(32(26)17-16-31(25,6)40-32)30(39)34(20-9-3)23-14-12-11-13-15-23/h7,9,22-27,36H,1,3,8,10-21H2,2,4-6H3/t22-,24-,25+,26-,27?,31-,32?/m0/s1. The molecule has 4 rings (SSSR count). The van der Waals surface area contributed by atoms with Crippen LogP contribution in [0.25, 0.3) is 0 Å².